The van der Waals surface area contributed by atoms with Gasteiger partial charge in [0.15, 0.2) is 0 Å². The molecule has 0 bridgehead atoms. The van der Waals surface area contributed by atoms with Crippen molar-refractivity contribution in [3.05, 3.63) is 59.7 Å². The third-order valence-corrected chi connectivity index (χ3v) is 6.21. The molecule has 1 saturated carbocycles. The number of aliphatic carboxylic acids is 1. The Hall–Kier alpha value is -2.37. The molecule has 3 rings (SSSR count). The molecule has 1 aromatic carbocycles. The summed E-state index contributed by atoms with van der Waals surface area (Å²) < 4.78 is 2.26. The van der Waals surface area contributed by atoms with Gasteiger partial charge in [0.1, 0.15) is 5.82 Å². The molecule has 1 aliphatic carbocycles. The standard InChI is InChI=1S/C23H27N2O2P/c1-4-22-24-13-14-25(22)16(2)5-12-21(28-3)18-9-6-17(7-10-18)8-11-19-15-20(19)23(26)27/h6-7,9-10,12-14,16,19-20,28H,4-5,15H2,1-3H3,(H,26,27)/b21-12-. The second-order valence-electron chi connectivity index (χ2n) is 7.19. The lowest BCUT2D eigenvalue weighted by Crippen LogP contribution is -2.07. The summed E-state index contributed by atoms with van der Waals surface area (Å²) in [5, 5.41) is 10.3. The molecule has 2 aromatic rings. The molecule has 1 aliphatic rings. The Morgan fingerprint density at radius 2 is 2.18 bits per heavy atom. The Morgan fingerprint density at radius 1 is 1.43 bits per heavy atom. The number of hydrogen-bond acceptors (Lipinski definition) is 2. The Labute approximate surface area is 168 Å². The van der Waals surface area contributed by atoms with Gasteiger partial charge in [-0.25, -0.2) is 4.98 Å². The zero-order valence-corrected chi connectivity index (χ0v) is 17.6. The van der Waals surface area contributed by atoms with Crippen molar-refractivity contribution < 1.29 is 9.90 Å². The van der Waals surface area contributed by atoms with Crippen LogP contribution in [0, 0.1) is 23.7 Å². The first-order chi connectivity index (χ1) is 13.5. The first-order valence-electron chi connectivity index (χ1n) is 9.77. The highest BCUT2D eigenvalue weighted by atomic mass is 31.1. The first-order valence-corrected chi connectivity index (χ1v) is 11.3. The van der Waals surface area contributed by atoms with Crippen molar-refractivity contribution in [1.82, 2.24) is 9.55 Å². The lowest BCUT2D eigenvalue weighted by molar-refractivity contribution is -0.138. The molecule has 0 spiro atoms. The molecule has 1 heterocycles. The second-order valence-corrected chi connectivity index (χ2v) is 8.23. The predicted octanol–water partition coefficient (Wildman–Crippen LogP) is 4.82. The third-order valence-electron chi connectivity index (χ3n) is 5.18. The van der Waals surface area contributed by atoms with Crippen LogP contribution in [0.2, 0.25) is 0 Å². The van der Waals surface area contributed by atoms with E-state index in [2.05, 4.69) is 66.3 Å². The molecule has 4 nitrogen and oxygen atoms in total. The molecule has 1 N–H and O–H groups in total. The molecule has 0 saturated heterocycles. The number of aromatic nitrogens is 2. The van der Waals surface area contributed by atoms with Gasteiger partial charge in [0.2, 0.25) is 0 Å². The van der Waals surface area contributed by atoms with Crippen molar-refractivity contribution in [2.45, 2.75) is 39.2 Å². The summed E-state index contributed by atoms with van der Waals surface area (Å²) in [6.45, 7) is 6.57. The van der Waals surface area contributed by atoms with Crippen LogP contribution < -0.4 is 0 Å². The van der Waals surface area contributed by atoms with Gasteiger partial charge >= 0.3 is 5.97 Å². The van der Waals surface area contributed by atoms with Gasteiger partial charge in [-0.15, -0.1) is 0 Å². The minimum absolute atomic E-state index is 0.0161. The minimum Gasteiger partial charge on any atom is -0.481 e. The van der Waals surface area contributed by atoms with Crippen molar-refractivity contribution in [3.63, 3.8) is 0 Å². The van der Waals surface area contributed by atoms with E-state index in [1.807, 2.05) is 18.3 Å². The van der Waals surface area contributed by atoms with Crippen molar-refractivity contribution in [2.75, 3.05) is 6.66 Å². The smallest absolute Gasteiger partial charge is 0.307 e. The highest BCUT2D eigenvalue weighted by Crippen LogP contribution is 2.38. The summed E-state index contributed by atoms with van der Waals surface area (Å²) in [6, 6.07) is 8.68. The van der Waals surface area contributed by atoms with Gasteiger partial charge in [0, 0.05) is 36.3 Å². The lowest BCUT2D eigenvalue weighted by Gasteiger charge is -2.15. The van der Waals surface area contributed by atoms with Crippen molar-refractivity contribution in [1.29, 1.82) is 0 Å². The van der Waals surface area contributed by atoms with Crippen LogP contribution in [-0.2, 0) is 11.2 Å². The van der Waals surface area contributed by atoms with Crippen molar-refractivity contribution in [3.8, 4) is 11.8 Å². The summed E-state index contributed by atoms with van der Waals surface area (Å²) >= 11 is 0. The van der Waals surface area contributed by atoms with Crippen molar-refractivity contribution in [2.24, 2.45) is 11.8 Å². The van der Waals surface area contributed by atoms with Gasteiger partial charge in [-0.3, -0.25) is 4.79 Å². The number of nitrogens with zero attached hydrogens (tertiary/aromatic N) is 2. The molecule has 5 heteroatoms. The molecular formula is C23H27N2O2P. The molecular weight excluding hydrogens is 367 g/mol. The summed E-state index contributed by atoms with van der Waals surface area (Å²) in [4.78, 5) is 15.3. The van der Waals surface area contributed by atoms with Crippen LogP contribution in [0.5, 0.6) is 0 Å². The summed E-state index contributed by atoms with van der Waals surface area (Å²) in [6.07, 6.45) is 8.87. The van der Waals surface area contributed by atoms with E-state index in [9.17, 15) is 4.79 Å². The number of carboxylic acids is 1. The number of carbonyl (C=O) groups is 1. The zero-order valence-electron chi connectivity index (χ0n) is 16.6. The Bertz CT molecular complexity index is 918. The van der Waals surface area contributed by atoms with Crippen LogP contribution in [-0.4, -0.2) is 27.3 Å². The SMILES string of the molecule is CCc1nccn1C(C)C/C=C(\PC)c1ccc(C#CC2CC2C(=O)O)cc1. The van der Waals surface area contributed by atoms with Gasteiger partial charge in [0.05, 0.1) is 5.92 Å². The third kappa shape index (κ3) is 4.91. The number of carboxylic acid groups (broad SMARTS) is 1. The average molecular weight is 394 g/mol. The normalized spacial score (nSPS) is 20.0. The van der Waals surface area contributed by atoms with Gasteiger partial charge < -0.3 is 9.67 Å². The van der Waals surface area contributed by atoms with Crippen LogP contribution in [0.4, 0.5) is 0 Å². The van der Waals surface area contributed by atoms with E-state index in [0.29, 0.717) is 12.5 Å². The molecule has 0 amide bonds. The van der Waals surface area contributed by atoms with E-state index in [-0.39, 0.29) is 11.8 Å². The second kappa shape index (κ2) is 9.22. The highest BCUT2D eigenvalue weighted by Gasteiger charge is 2.42. The monoisotopic (exact) mass is 394 g/mol. The Morgan fingerprint density at radius 3 is 2.79 bits per heavy atom. The maximum Gasteiger partial charge on any atom is 0.307 e. The van der Waals surface area contributed by atoms with Gasteiger partial charge in [-0.2, -0.15) is 0 Å². The van der Waals surface area contributed by atoms with E-state index in [4.69, 9.17) is 5.11 Å². The quantitative estimate of drug-likeness (QED) is 0.541. The minimum atomic E-state index is -0.732. The van der Waals surface area contributed by atoms with Gasteiger partial charge in [-0.1, -0.05) is 45.6 Å². The number of allylic oxidation sites excluding steroid dienone is 1. The summed E-state index contributed by atoms with van der Waals surface area (Å²) in [5.74, 6) is 6.34. The number of hydrogen-bond donors (Lipinski definition) is 1. The fourth-order valence-electron chi connectivity index (χ4n) is 3.32. The maximum absolute atomic E-state index is 10.9. The first kappa shape index (κ1) is 20.4. The van der Waals surface area contributed by atoms with E-state index in [1.54, 1.807) is 0 Å². The molecule has 4 unspecified atom stereocenters. The summed E-state index contributed by atoms with van der Waals surface area (Å²) in [7, 11) is 0.721. The van der Waals surface area contributed by atoms with Crippen molar-refractivity contribution >= 4 is 19.9 Å². The van der Waals surface area contributed by atoms with Crippen LogP contribution in [0.15, 0.2) is 42.7 Å². The zero-order chi connectivity index (χ0) is 20.1. The van der Waals surface area contributed by atoms with E-state index in [1.165, 1.54) is 10.9 Å². The average Bonchev–Trinajstić information content (AvgIpc) is 3.34. The van der Waals surface area contributed by atoms with Gasteiger partial charge in [0.25, 0.3) is 0 Å². The van der Waals surface area contributed by atoms with E-state index in [0.717, 1.165) is 32.8 Å². The number of benzene rings is 1. The topological polar surface area (TPSA) is 55.1 Å². The fraction of sp³-hybridized carbons (Fsp3) is 0.391. The van der Waals surface area contributed by atoms with Gasteiger partial charge in [-0.05, 0) is 49.4 Å². The maximum atomic E-state index is 10.9. The Kier molecular flexibility index (Phi) is 6.70. The highest BCUT2D eigenvalue weighted by molar-refractivity contribution is 7.49. The number of aryl methyl sites for hydroxylation is 1. The number of rotatable bonds is 7. The molecule has 4 atom stereocenters. The Balaban J connectivity index is 1.65. The van der Waals surface area contributed by atoms with Crippen LogP contribution in [0.25, 0.3) is 5.31 Å². The number of imidazole rings is 1. The molecule has 1 fully saturated rings. The van der Waals surface area contributed by atoms with Crippen LogP contribution >= 0.6 is 8.58 Å². The largest absolute Gasteiger partial charge is 0.481 e. The molecule has 1 aromatic heterocycles. The fourth-order valence-corrected chi connectivity index (χ4v) is 4.10. The summed E-state index contributed by atoms with van der Waals surface area (Å²) in [5.41, 5.74) is 2.17. The van der Waals surface area contributed by atoms with E-state index < -0.39 is 5.97 Å². The lowest BCUT2D eigenvalue weighted by atomic mass is 10.1. The molecule has 28 heavy (non-hydrogen) atoms. The molecule has 0 radical (unpaired) electrons. The van der Waals surface area contributed by atoms with E-state index >= 15 is 0 Å². The molecule has 146 valence electrons. The van der Waals surface area contributed by atoms with Crippen LogP contribution in [0.1, 0.15) is 49.7 Å². The van der Waals surface area contributed by atoms with Crippen LogP contribution in [0.3, 0.4) is 0 Å². The molecule has 0 aliphatic heterocycles. The predicted molar refractivity (Wildman–Crippen MR) is 116 cm³/mol.